The third-order valence-corrected chi connectivity index (χ3v) is 12.2. The van der Waals surface area contributed by atoms with Gasteiger partial charge in [-0.25, -0.2) is 0 Å². The van der Waals surface area contributed by atoms with Crippen LogP contribution >= 0.6 is 11.6 Å². The van der Waals surface area contributed by atoms with Gasteiger partial charge >= 0.3 is 0 Å². The number of likely N-dealkylation sites (tertiary alicyclic amines) is 2. The number of benzene rings is 1. The molecule has 7 rings (SSSR count). The molecule has 2 saturated carbocycles. The van der Waals surface area contributed by atoms with E-state index in [4.69, 9.17) is 16.3 Å². The van der Waals surface area contributed by atoms with Gasteiger partial charge in [-0.3, -0.25) is 19.3 Å². The standard InChI is InChI=1S/C36H52ClN5O4/c1-24-5-11-28(12-6-24)42(36(45)33-4-3-19-46-33)29-20-32(35(44)39-17-15-38(2)16-18-39)41(21-29)34(43)31-23-40(27-13-14-27)22-30(31)25-7-9-26(37)10-8-25/h7-10,24,27-33H,3-6,11-23H2,1-2H3/t24-,28+,29-,30-,31+,32-,33-/m0/s1. The molecule has 1 aromatic carbocycles. The number of likely N-dealkylation sites (N-methyl/N-ethyl adjacent to an activating group) is 1. The maximum atomic E-state index is 14.9. The van der Waals surface area contributed by atoms with Crippen LogP contribution in [0.2, 0.25) is 5.02 Å². The molecule has 1 aromatic rings. The van der Waals surface area contributed by atoms with Crippen LogP contribution in [0.1, 0.15) is 76.2 Å². The normalized spacial score (nSPS) is 34.3. The van der Waals surface area contributed by atoms with Crippen molar-refractivity contribution >= 4 is 29.3 Å². The highest BCUT2D eigenvalue weighted by molar-refractivity contribution is 6.30. The summed E-state index contributed by atoms with van der Waals surface area (Å²) in [5, 5.41) is 0.692. The lowest BCUT2D eigenvalue weighted by Crippen LogP contribution is -2.54. The van der Waals surface area contributed by atoms with Gasteiger partial charge in [0.1, 0.15) is 12.1 Å². The van der Waals surface area contributed by atoms with Gasteiger partial charge in [-0.1, -0.05) is 30.7 Å². The quantitative estimate of drug-likeness (QED) is 0.445. The fourth-order valence-electron chi connectivity index (χ4n) is 8.93. The number of ether oxygens (including phenoxy) is 1. The van der Waals surface area contributed by atoms with Crippen LogP contribution in [0.25, 0.3) is 0 Å². The van der Waals surface area contributed by atoms with Crippen LogP contribution < -0.4 is 0 Å². The average Bonchev–Trinajstić information content (AvgIpc) is 3.42. The van der Waals surface area contributed by atoms with Gasteiger partial charge in [0.15, 0.2) is 0 Å². The van der Waals surface area contributed by atoms with Gasteiger partial charge < -0.3 is 24.3 Å². The predicted molar refractivity (Wildman–Crippen MR) is 178 cm³/mol. The van der Waals surface area contributed by atoms with E-state index in [0.29, 0.717) is 56.2 Å². The number of carbonyl (C=O) groups excluding carboxylic acids is 3. The zero-order valence-corrected chi connectivity index (χ0v) is 28.5. The van der Waals surface area contributed by atoms with Crippen molar-refractivity contribution in [3.05, 3.63) is 34.9 Å². The lowest BCUT2D eigenvalue weighted by Gasteiger charge is -2.41. The minimum absolute atomic E-state index is 0.0471. The van der Waals surface area contributed by atoms with Crippen molar-refractivity contribution in [1.29, 1.82) is 0 Å². The maximum absolute atomic E-state index is 14.9. The summed E-state index contributed by atoms with van der Waals surface area (Å²) in [6.45, 7) is 7.90. The number of piperazine rings is 1. The zero-order valence-electron chi connectivity index (χ0n) is 27.7. The molecule has 6 aliphatic rings. The van der Waals surface area contributed by atoms with Gasteiger partial charge in [0, 0.05) is 75.4 Å². The molecule has 4 aliphatic heterocycles. The molecule has 6 fully saturated rings. The number of amides is 3. The van der Waals surface area contributed by atoms with Gasteiger partial charge in [0.05, 0.1) is 12.0 Å². The molecular weight excluding hydrogens is 602 g/mol. The van der Waals surface area contributed by atoms with E-state index < -0.39 is 12.1 Å². The van der Waals surface area contributed by atoms with Crippen molar-refractivity contribution in [3.8, 4) is 0 Å². The average molecular weight is 654 g/mol. The van der Waals surface area contributed by atoms with Crippen molar-refractivity contribution in [2.45, 2.75) is 101 Å². The van der Waals surface area contributed by atoms with E-state index in [1.54, 1.807) is 0 Å². The van der Waals surface area contributed by atoms with Gasteiger partial charge in [-0.05, 0) is 88.4 Å². The molecule has 5 atom stereocenters. The second-order valence-corrected chi connectivity index (χ2v) is 15.6. The van der Waals surface area contributed by atoms with E-state index in [2.05, 4.69) is 40.8 Å². The van der Waals surface area contributed by atoms with Crippen LogP contribution in [0.3, 0.4) is 0 Å². The Morgan fingerprint density at radius 1 is 0.848 bits per heavy atom. The molecule has 10 heteroatoms. The molecule has 0 radical (unpaired) electrons. The third-order valence-electron chi connectivity index (χ3n) is 11.9. The first kappa shape index (κ1) is 32.4. The van der Waals surface area contributed by atoms with E-state index in [-0.39, 0.29) is 41.6 Å². The van der Waals surface area contributed by atoms with Crippen LogP contribution in [0.4, 0.5) is 0 Å². The van der Waals surface area contributed by atoms with Crippen molar-refractivity contribution in [2.75, 3.05) is 59.5 Å². The number of carbonyl (C=O) groups is 3. The van der Waals surface area contributed by atoms with Gasteiger partial charge in [0.2, 0.25) is 11.8 Å². The van der Waals surface area contributed by atoms with Crippen LogP contribution in [0.15, 0.2) is 24.3 Å². The molecule has 3 amide bonds. The minimum atomic E-state index is -0.552. The van der Waals surface area contributed by atoms with E-state index in [1.165, 1.54) is 12.8 Å². The summed E-state index contributed by atoms with van der Waals surface area (Å²) < 4.78 is 5.95. The van der Waals surface area contributed by atoms with E-state index >= 15 is 0 Å². The summed E-state index contributed by atoms with van der Waals surface area (Å²) in [7, 11) is 2.09. The topological polar surface area (TPSA) is 76.6 Å². The smallest absolute Gasteiger partial charge is 0.252 e. The third kappa shape index (κ3) is 6.71. The second-order valence-electron chi connectivity index (χ2n) is 15.1. The molecule has 0 aromatic heterocycles. The van der Waals surface area contributed by atoms with Crippen molar-refractivity contribution < 1.29 is 19.1 Å². The molecule has 46 heavy (non-hydrogen) atoms. The summed E-state index contributed by atoms with van der Waals surface area (Å²) in [6, 6.07) is 7.91. The molecule has 9 nitrogen and oxygen atoms in total. The predicted octanol–water partition coefficient (Wildman–Crippen LogP) is 3.85. The summed E-state index contributed by atoms with van der Waals surface area (Å²) in [6.07, 6.45) is 8.25. The molecule has 0 N–H and O–H groups in total. The molecule has 252 valence electrons. The molecule has 0 unspecified atom stereocenters. The number of halogens is 1. The number of nitrogens with zero attached hydrogens (tertiary/aromatic N) is 5. The number of rotatable bonds is 7. The Hall–Kier alpha value is -2.20. The first-order valence-corrected chi connectivity index (χ1v) is 18.4. The molecule has 0 bridgehead atoms. The summed E-state index contributed by atoms with van der Waals surface area (Å²) in [5.41, 5.74) is 1.13. The lowest BCUT2D eigenvalue weighted by molar-refractivity contribution is -0.148. The first-order chi connectivity index (χ1) is 22.3. The fourth-order valence-corrected chi connectivity index (χ4v) is 9.06. The largest absolute Gasteiger partial charge is 0.368 e. The van der Waals surface area contributed by atoms with Crippen molar-refractivity contribution in [3.63, 3.8) is 0 Å². The van der Waals surface area contributed by atoms with Crippen LogP contribution in [-0.4, -0.2) is 132 Å². The van der Waals surface area contributed by atoms with Gasteiger partial charge in [-0.15, -0.1) is 0 Å². The second kappa shape index (κ2) is 13.7. The van der Waals surface area contributed by atoms with Crippen molar-refractivity contribution in [2.24, 2.45) is 11.8 Å². The van der Waals surface area contributed by atoms with Gasteiger partial charge in [-0.2, -0.15) is 0 Å². The molecule has 4 heterocycles. The Morgan fingerprint density at radius 3 is 2.22 bits per heavy atom. The Labute approximate surface area is 279 Å². The molecule has 4 saturated heterocycles. The van der Waals surface area contributed by atoms with Gasteiger partial charge in [0.25, 0.3) is 5.91 Å². The molecule has 2 aliphatic carbocycles. The Bertz CT molecular complexity index is 1250. The SMILES string of the molecule is CN1CCN(C(=O)[C@@H]2C[C@H](N(C(=O)[C@@H]3CCCO3)[C@H]3CC[C@@H](C)CC3)CN2C(=O)[C@@H]2CN(C3CC3)C[C@H]2c2ccc(Cl)cc2)CC1. The maximum Gasteiger partial charge on any atom is 0.252 e. The van der Waals surface area contributed by atoms with Crippen LogP contribution in [-0.2, 0) is 19.1 Å². The highest BCUT2D eigenvalue weighted by Crippen LogP contribution is 2.42. The van der Waals surface area contributed by atoms with E-state index in [1.807, 2.05) is 21.9 Å². The van der Waals surface area contributed by atoms with Crippen LogP contribution in [0, 0.1) is 11.8 Å². The minimum Gasteiger partial charge on any atom is -0.368 e. The first-order valence-electron chi connectivity index (χ1n) is 18.0. The summed E-state index contributed by atoms with van der Waals surface area (Å²) in [4.78, 5) is 54.3. The van der Waals surface area contributed by atoms with Crippen LogP contribution in [0.5, 0.6) is 0 Å². The Kier molecular flexibility index (Phi) is 9.66. The monoisotopic (exact) mass is 653 g/mol. The lowest BCUT2D eigenvalue weighted by atomic mass is 9.85. The van der Waals surface area contributed by atoms with E-state index in [0.717, 1.165) is 63.7 Å². The molecule has 0 spiro atoms. The zero-order chi connectivity index (χ0) is 31.9. The number of hydrogen-bond donors (Lipinski definition) is 0. The fraction of sp³-hybridized carbons (Fsp3) is 0.750. The van der Waals surface area contributed by atoms with E-state index in [9.17, 15) is 14.4 Å². The van der Waals surface area contributed by atoms with Crippen molar-refractivity contribution in [1.82, 2.24) is 24.5 Å². The highest BCUT2D eigenvalue weighted by atomic mass is 35.5. The number of hydrogen-bond acceptors (Lipinski definition) is 6. The molecular formula is C36H52ClN5O4. The Morgan fingerprint density at radius 2 is 1.57 bits per heavy atom. The highest BCUT2D eigenvalue weighted by Gasteiger charge is 2.51. The summed E-state index contributed by atoms with van der Waals surface area (Å²) >= 11 is 6.27. The Balaban J connectivity index is 1.19. The summed E-state index contributed by atoms with van der Waals surface area (Å²) in [5.74, 6) is 0.660.